The third kappa shape index (κ3) is 3.64. The number of rotatable bonds is 4. The van der Waals surface area contributed by atoms with Crippen molar-refractivity contribution in [2.45, 2.75) is 43.4 Å². The van der Waals surface area contributed by atoms with Gasteiger partial charge in [0.25, 0.3) is 0 Å². The van der Waals surface area contributed by atoms with Gasteiger partial charge in [-0.2, -0.15) is 0 Å². The van der Waals surface area contributed by atoms with Crippen LogP contribution in [0.3, 0.4) is 0 Å². The van der Waals surface area contributed by atoms with Crippen LogP contribution in [0.5, 0.6) is 0 Å². The fraction of sp³-hybridized carbons (Fsp3) is 0.611. The Morgan fingerprint density at radius 1 is 1.21 bits per heavy atom. The van der Waals surface area contributed by atoms with E-state index in [1.165, 1.54) is 5.56 Å². The van der Waals surface area contributed by atoms with Crippen molar-refractivity contribution in [3.8, 4) is 0 Å². The normalized spacial score (nSPS) is 22.0. The summed E-state index contributed by atoms with van der Waals surface area (Å²) in [6.45, 7) is 0.924. The molecule has 1 unspecified atom stereocenters. The van der Waals surface area contributed by atoms with E-state index in [0.717, 1.165) is 24.8 Å². The minimum absolute atomic E-state index is 0.0210. The standard InChI is InChI=1S/C18H25NO4S/c1-19(17-8-4-6-14-5-2-3-7-16(14)17)18(20)13-24(21,22)15-9-11-23-12-10-15/h2-3,5,7,15,17H,4,6,8-13H2,1H3. The zero-order valence-electron chi connectivity index (χ0n) is 14.1. The molecule has 132 valence electrons. The molecule has 24 heavy (non-hydrogen) atoms. The Morgan fingerprint density at radius 2 is 1.92 bits per heavy atom. The minimum atomic E-state index is -3.41. The number of sulfone groups is 1. The third-order valence-corrected chi connectivity index (χ3v) is 7.34. The first-order chi connectivity index (χ1) is 11.5. The van der Waals surface area contributed by atoms with Gasteiger partial charge in [0.05, 0.1) is 11.3 Å². The van der Waals surface area contributed by atoms with E-state index in [4.69, 9.17) is 4.74 Å². The summed E-state index contributed by atoms with van der Waals surface area (Å²) in [5, 5.41) is -0.442. The molecular formula is C18H25NO4S. The number of carbonyl (C=O) groups is 1. The summed E-state index contributed by atoms with van der Waals surface area (Å²) in [6.07, 6.45) is 3.91. The first-order valence-corrected chi connectivity index (χ1v) is 10.3. The van der Waals surface area contributed by atoms with Crippen molar-refractivity contribution in [1.29, 1.82) is 0 Å². The minimum Gasteiger partial charge on any atom is -0.381 e. The Morgan fingerprint density at radius 3 is 2.67 bits per heavy atom. The molecule has 5 nitrogen and oxygen atoms in total. The van der Waals surface area contributed by atoms with Crippen molar-refractivity contribution in [1.82, 2.24) is 4.90 Å². The van der Waals surface area contributed by atoms with Crippen LogP contribution >= 0.6 is 0 Å². The molecule has 1 saturated heterocycles. The maximum atomic E-state index is 12.6. The van der Waals surface area contributed by atoms with Gasteiger partial charge in [0.2, 0.25) is 5.91 Å². The highest BCUT2D eigenvalue weighted by Crippen LogP contribution is 2.33. The van der Waals surface area contributed by atoms with E-state index in [2.05, 4.69) is 12.1 Å². The molecule has 0 radical (unpaired) electrons. The van der Waals surface area contributed by atoms with Crippen molar-refractivity contribution in [2.24, 2.45) is 0 Å². The summed E-state index contributed by atoms with van der Waals surface area (Å²) < 4.78 is 30.3. The molecule has 1 heterocycles. The maximum absolute atomic E-state index is 12.6. The van der Waals surface area contributed by atoms with E-state index >= 15 is 0 Å². The van der Waals surface area contributed by atoms with Crippen molar-refractivity contribution in [2.75, 3.05) is 26.0 Å². The van der Waals surface area contributed by atoms with Gasteiger partial charge in [-0.15, -0.1) is 0 Å². The van der Waals surface area contributed by atoms with E-state index < -0.39 is 20.8 Å². The highest BCUT2D eigenvalue weighted by molar-refractivity contribution is 7.92. The molecule has 1 aromatic rings. The van der Waals surface area contributed by atoms with Gasteiger partial charge in [-0.05, 0) is 43.2 Å². The van der Waals surface area contributed by atoms with Gasteiger partial charge in [-0.25, -0.2) is 8.42 Å². The fourth-order valence-corrected chi connectivity index (χ4v) is 5.43. The van der Waals surface area contributed by atoms with Crippen LogP contribution in [0.4, 0.5) is 0 Å². The number of ether oxygens (including phenoxy) is 1. The molecule has 1 aliphatic heterocycles. The van der Waals surface area contributed by atoms with Gasteiger partial charge in [-0.1, -0.05) is 24.3 Å². The van der Waals surface area contributed by atoms with E-state index in [1.54, 1.807) is 11.9 Å². The van der Waals surface area contributed by atoms with Crippen molar-refractivity contribution in [3.63, 3.8) is 0 Å². The topological polar surface area (TPSA) is 63.7 Å². The lowest BCUT2D eigenvalue weighted by molar-refractivity contribution is -0.129. The second kappa shape index (κ2) is 7.23. The number of aryl methyl sites for hydroxylation is 1. The lowest BCUT2D eigenvalue weighted by Gasteiger charge is -2.33. The molecule has 1 fully saturated rings. The second-order valence-corrected chi connectivity index (χ2v) is 9.01. The average molecular weight is 351 g/mol. The largest absolute Gasteiger partial charge is 0.381 e. The predicted octanol–water partition coefficient (Wildman–Crippen LogP) is 2.12. The number of nitrogens with zero attached hydrogens (tertiary/aromatic N) is 1. The molecule has 1 amide bonds. The Kier molecular flexibility index (Phi) is 5.25. The molecular weight excluding hydrogens is 326 g/mol. The number of benzene rings is 1. The van der Waals surface area contributed by atoms with Crippen molar-refractivity contribution >= 4 is 15.7 Å². The number of hydrogen-bond acceptors (Lipinski definition) is 4. The van der Waals surface area contributed by atoms with Crippen LogP contribution in [0.25, 0.3) is 0 Å². The van der Waals surface area contributed by atoms with Crippen LogP contribution in [0.1, 0.15) is 42.9 Å². The molecule has 3 rings (SSSR count). The van der Waals surface area contributed by atoms with Gasteiger partial charge >= 0.3 is 0 Å². The maximum Gasteiger partial charge on any atom is 0.238 e. The van der Waals surface area contributed by atoms with Crippen molar-refractivity contribution in [3.05, 3.63) is 35.4 Å². The Labute approximate surface area is 143 Å². The van der Waals surface area contributed by atoms with E-state index in [-0.39, 0.29) is 11.9 Å². The Bertz CT molecular complexity index is 695. The van der Waals surface area contributed by atoms with Gasteiger partial charge < -0.3 is 9.64 Å². The summed E-state index contributed by atoms with van der Waals surface area (Å²) in [5.74, 6) is -0.699. The molecule has 0 bridgehead atoms. The lowest BCUT2D eigenvalue weighted by atomic mass is 9.87. The molecule has 2 aliphatic rings. The van der Waals surface area contributed by atoms with Crippen LogP contribution in [0, 0.1) is 0 Å². The first-order valence-electron chi connectivity index (χ1n) is 8.62. The lowest BCUT2D eigenvalue weighted by Crippen LogP contribution is -2.40. The highest BCUT2D eigenvalue weighted by Gasteiger charge is 2.33. The summed E-state index contributed by atoms with van der Waals surface area (Å²) in [6, 6.07) is 8.12. The van der Waals surface area contributed by atoms with E-state index in [9.17, 15) is 13.2 Å². The van der Waals surface area contributed by atoms with Crippen LogP contribution in [-0.4, -0.2) is 50.5 Å². The third-order valence-electron chi connectivity index (χ3n) is 5.20. The predicted molar refractivity (Wildman–Crippen MR) is 92.5 cm³/mol. The zero-order valence-corrected chi connectivity index (χ0v) is 14.9. The quantitative estimate of drug-likeness (QED) is 0.833. The highest BCUT2D eigenvalue weighted by atomic mass is 32.2. The fourth-order valence-electron chi connectivity index (χ4n) is 3.73. The molecule has 1 aromatic carbocycles. The van der Waals surface area contributed by atoms with Crippen LogP contribution in [0.15, 0.2) is 24.3 Å². The van der Waals surface area contributed by atoms with E-state index in [1.807, 2.05) is 12.1 Å². The number of fused-ring (bicyclic) bond motifs is 1. The summed E-state index contributed by atoms with van der Waals surface area (Å²) in [4.78, 5) is 14.3. The van der Waals surface area contributed by atoms with Gasteiger partial charge in [0.15, 0.2) is 9.84 Å². The van der Waals surface area contributed by atoms with Crippen molar-refractivity contribution < 1.29 is 17.9 Å². The molecule has 0 aromatic heterocycles. The number of carbonyl (C=O) groups excluding carboxylic acids is 1. The molecule has 0 saturated carbocycles. The molecule has 0 N–H and O–H groups in total. The van der Waals surface area contributed by atoms with Crippen LogP contribution in [0.2, 0.25) is 0 Å². The number of amides is 1. The molecule has 1 atom stereocenters. The van der Waals surface area contributed by atoms with Gasteiger partial charge in [0, 0.05) is 20.3 Å². The SMILES string of the molecule is CN(C(=O)CS(=O)(=O)C1CCOCC1)C1CCCc2ccccc21. The smallest absolute Gasteiger partial charge is 0.238 e. The van der Waals surface area contributed by atoms with Gasteiger partial charge in [-0.3, -0.25) is 4.79 Å². The Hall–Kier alpha value is -1.40. The zero-order chi connectivity index (χ0) is 17.2. The van der Waals surface area contributed by atoms with Crippen LogP contribution < -0.4 is 0 Å². The summed E-state index contributed by atoms with van der Waals surface area (Å²) >= 11 is 0. The molecule has 0 spiro atoms. The molecule has 6 heteroatoms. The second-order valence-electron chi connectivity index (χ2n) is 6.73. The molecule has 1 aliphatic carbocycles. The first kappa shape index (κ1) is 17.4. The Balaban J connectivity index is 1.71. The number of hydrogen-bond donors (Lipinski definition) is 0. The van der Waals surface area contributed by atoms with Crippen LogP contribution in [-0.2, 0) is 25.8 Å². The average Bonchev–Trinajstić information content (AvgIpc) is 2.61. The monoisotopic (exact) mass is 351 g/mol. The van der Waals surface area contributed by atoms with E-state index in [0.29, 0.717) is 26.1 Å². The summed E-state index contributed by atoms with van der Waals surface area (Å²) in [5.41, 5.74) is 2.42. The summed E-state index contributed by atoms with van der Waals surface area (Å²) in [7, 11) is -1.68. The van der Waals surface area contributed by atoms with Gasteiger partial charge in [0.1, 0.15) is 5.75 Å².